The van der Waals surface area contributed by atoms with E-state index in [1.54, 1.807) is 18.2 Å². The van der Waals surface area contributed by atoms with Crippen LogP contribution in [0.2, 0.25) is 5.02 Å². The first-order valence-electron chi connectivity index (χ1n) is 4.19. The molecule has 2 aromatic rings. The highest BCUT2D eigenvalue weighted by molar-refractivity contribution is 6.31. The molecule has 0 radical (unpaired) electrons. The second kappa shape index (κ2) is 3.92. The number of furan rings is 1. The van der Waals surface area contributed by atoms with E-state index in [-0.39, 0.29) is 5.75 Å². The van der Waals surface area contributed by atoms with E-state index in [0.717, 1.165) is 0 Å². The molecule has 1 aromatic heterocycles. The first-order valence-corrected chi connectivity index (χ1v) is 4.57. The number of halogens is 1. The fraction of sp³-hybridized carbons (Fsp3) is 0.100. The summed E-state index contributed by atoms with van der Waals surface area (Å²) in [5, 5.41) is 9.70. The van der Waals surface area contributed by atoms with Crippen molar-refractivity contribution >= 4 is 28.5 Å². The maximum Gasteiger partial charge on any atom is 0.337 e. The molecule has 0 saturated heterocycles. The number of aliphatic hydroxyl groups excluding tert-OH is 1. The Bertz CT molecular complexity index is 503. The summed E-state index contributed by atoms with van der Waals surface area (Å²) in [6.07, 6.45) is 1.30. The third-order valence-corrected chi connectivity index (χ3v) is 2.09. The Kier molecular flexibility index (Phi) is 2.62. The van der Waals surface area contributed by atoms with Gasteiger partial charge in [0.2, 0.25) is 0 Å². The smallest absolute Gasteiger partial charge is 0.337 e. The van der Waals surface area contributed by atoms with Crippen molar-refractivity contribution in [2.45, 2.75) is 0 Å². The lowest BCUT2D eigenvalue weighted by Gasteiger charge is -1.98. The summed E-state index contributed by atoms with van der Waals surface area (Å²) >= 11 is 5.75. The number of esters is 1. The van der Waals surface area contributed by atoms with Gasteiger partial charge in [-0.1, -0.05) is 11.6 Å². The number of aliphatic hydroxyl groups is 1. The van der Waals surface area contributed by atoms with Crippen molar-refractivity contribution in [3.63, 3.8) is 0 Å². The van der Waals surface area contributed by atoms with E-state index in [2.05, 4.69) is 0 Å². The Morgan fingerprint density at radius 3 is 3.07 bits per heavy atom. The van der Waals surface area contributed by atoms with E-state index in [1.807, 2.05) is 0 Å². The van der Waals surface area contributed by atoms with E-state index in [1.165, 1.54) is 6.26 Å². The summed E-state index contributed by atoms with van der Waals surface area (Å²) in [6.45, 7) is -0.666. The topological polar surface area (TPSA) is 59.7 Å². The Morgan fingerprint density at radius 1 is 1.53 bits per heavy atom. The Hall–Kier alpha value is -1.52. The van der Waals surface area contributed by atoms with Crippen LogP contribution >= 0.6 is 11.6 Å². The molecule has 0 fully saturated rings. The van der Waals surface area contributed by atoms with Gasteiger partial charge in [0.1, 0.15) is 18.5 Å². The Balaban J connectivity index is 2.41. The lowest BCUT2D eigenvalue weighted by Crippen LogP contribution is -2.11. The van der Waals surface area contributed by atoms with Gasteiger partial charge in [0.15, 0.2) is 5.75 Å². The van der Waals surface area contributed by atoms with Crippen LogP contribution in [0, 0.1) is 0 Å². The number of hydrogen-bond donors (Lipinski definition) is 1. The lowest BCUT2D eigenvalue weighted by atomic mass is 10.2. The molecule has 1 heterocycles. The predicted octanol–water partition coefficient (Wildman–Crippen LogP) is 1.98. The van der Waals surface area contributed by atoms with Crippen LogP contribution in [0.4, 0.5) is 0 Å². The molecule has 2 rings (SSSR count). The third-order valence-electron chi connectivity index (χ3n) is 1.85. The molecule has 0 aliphatic carbocycles. The van der Waals surface area contributed by atoms with Crippen LogP contribution in [0.1, 0.15) is 0 Å². The molecule has 0 spiro atoms. The van der Waals surface area contributed by atoms with Crippen LogP contribution in [0.25, 0.3) is 11.0 Å². The molecule has 0 atom stereocenters. The van der Waals surface area contributed by atoms with Crippen LogP contribution < -0.4 is 4.74 Å². The van der Waals surface area contributed by atoms with Crippen molar-refractivity contribution in [2.24, 2.45) is 0 Å². The number of carbonyl (C=O) groups excluding carboxylic acids is 1. The number of carbonyl (C=O) groups is 1. The summed E-state index contributed by atoms with van der Waals surface area (Å²) in [4.78, 5) is 10.8. The molecule has 15 heavy (non-hydrogen) atoms. The molecule has 0 amide bonds. The van der Waals surface area contributed by atoms with Gasteiger partial charge >= 0.3 is 5.97 Å². The highest BCUT2D eigenvalue weighted by Gasteiger charge is 2.10. The molecule has 1 N–H and O–H groups in total. The molecule has 4 nitrogen and oxygen atoms in total. The van der Waals surface area contributed by atoms with Gasteiger partial charge < -0.3 is 14.3 Å². The predicted molar refractivity (Wildman–Crippen MR) is 53.9 cm³/mol. The second-order valence-corrected chi connectivity index (χ2v) is 3.31. The van der Waals surface area contributed by atoms with Gasteiger partial charge in [-0.2, -0.15) is 0 Å². The average molecular weight is 227 g/mol. The fourth-order valence-electron chi connectivity index (χ4n) is 1.21. The van der Waals surface area contributed by atoms with Crippen LogP contribution in [0.5, 0.6) is 5.75 Å². The normalized spacial score (nSPS) is 10.5. The van der Waals surface area contributed by atoms with Gasteiger partial charge in [0.05, 0.1) is 5.39 Å². The van der Waals surface area contributed by atoms with Crippen LogP contribution in [0.15, 0.2) is 28.9 Å². The summed E-state index contributed by atoms with van der Waals surface area (Å²) in [6, 6.07) is 4.96. The zero-order valence-corrected chi connectivity index (χ0v) is 8.32. The number of rotatable bonds is 2. The van der Waals surface area contributed by atoms with Crippen molar-refractivity contribution in [1.82, 2.24) is 0 Å². The number of ether oxygens (including phenoxy) is 1. The minimum atomic E-state index is -0.729. The van der Waals surface area contributed by atoms with E-state index >= 15 is 0 Å². The highest BCUT2D eigenvalue weighted by atomic mass is 35.5. The van der Waals surface area contributed by atoms with Crippen LogP contribution in [-0.2, 0) is 4.79 Å². The van der Waals surface area contributed by atoms with Gasteiger partial charge in [-0.05, 0) is 12.1 Å². The minimum absolute atomic E-state index is 0.278. The minimum Gasteiger partial charge on any atom is -0.460 e. The van der Waals surface area contributed by atoms with E-state index in [9.17, 15) is 4.79 Å². The first kappa shape index (κ1) is 10.0. The molecule has 0 aliphatic heterocycles. The van der Waals surface area contributed by atoms with Crippen molar-refractivity contribution in [2.75, 3.05) is 6.61 Å². The molecular formula is C10H7ClO4. The van der Waals surface area contributed by atoms with E-state index in [4.69, 9.17) is 25.9 Å². The van der Waals surface area contributed by atoms with E-state index < -0.39 is 12.6 Å². The van der Waals surface area contributed by atoms with Gasteiger partial charge in [-0.15, -0.1) is 0 Å². The van der Waals surface area contributed by atoms with E-state index in [0.29, 0.717) is 16.0 Å². The number of benzene rings is 1. The largest absolute Gasteiger partial charge is 0.460 e. The van der Waals surface area contributed by atoms with Crippen LogP contribution in [0.3, 0.4) is 0 Å². The first-order chi connectivity index (χ1) is 7.20. The van der Waals surface area contributed by atoms with Gasteiger partial charge in [0.25, 0.3) is 0 Å². The zero-order chi connectivity index (χ0) is 10.8. The van der Waals surface area contributed by atoms with Crippen molar-refractivity contribution in [3.05, 3.63) is 29.5 Å². The standard InChI is InChI=1S/C10H7ClO4/c11-6-1-2-7-8(3-6)14-5-9(7)15-10(13)4-12/h1-3,5,12H,4H2. The SMILES string of the molecule is O=C(CO)Oc1coc2cc(Cl)ccc12. The molecule has 0 bridgehead atoms. The van der Waals surface area contributed by atoms with Crippen molar-refractivity contribution in [1.29, 1.82) is 0 Å². The molecule has 1 aromatic carbocycles. The maximum absolute atomic E-state index is 10.8. The molecule has 0 saturated carbocycles. The average Bonchev–Trinajstić information content (AvgIpc) is 2.60. The molecule has 0 aliphatic rings. The Labute approximate surface area is 90.0 Å². The van der Waals surface area contributed by atoms with Gasteiger partial charge in [-0.25, -0.2) is 4.79 Å². The number of hydrogen-bond acceptors (Lipinski definition) is 4. The Morgan fingerprint density at radius 2 is 2.33 bits per heavy atom. The molecule has 5 heteroatoms. The maximum atomic E-state index is 10.8. The quantitative estimate of drug-likeness (QED) is 0.796. The molecular weight excluding hydrogens is 220 g/mol. The summed E-state index contributed by atoms with van der Waals surface area (Å²) in [5.41, 5.74) is 0.531. The monoisotopic (exact) mass is 226 g/mol. The second-order valence-electron chi connectivity index (χ2n) is 2.87. The van der Waals surface area contributed by atoms with Gasteiger partial charge in [0, 0.05) is 11.1 Å². The third kappa shape index (κ3) is 1.95. The summed E-state index contributed by atoms with van der Waals surface area (Å²) < 4.78 is 9.96. The zero-order valence-electron chi connectivity index (χ0n) is 7.57. The summed E-state index contributed by atoms with van der Waals surface area (Å²) in [5.74, 6) is -0.451. The fourth-order valence-corrected chi connectivity index (χ4v) is 1.37. The molecule has 0 unspecified atom stereocenters. The van der Waals surface area contributed by atoms with Crippen LogP contribution in [-0.4, -0.2) is 17.7 Å². The molecule has 78 valence electrons. The lowest BCUT2D eigenvalue weighted by molar-refractivity contribution is -0.137. The highest BCUT2D eigenvalue weighted by Crippen LogP contribution is 2.29. The van der Waals surface area contributed by atoms with Gasteiger partial charge in [-0.3, -0.25) is 0 Å². The van der Waals surface area contributed by atoms with Crippen molar-refractivity contribution < 1.29 is 19.1 Å². The van der Waals surface area contributed by atoms with Crippen molar-refractivity contribution in [3.8, 4) is 5.75 Å². The number of fused-ring (bicyclic) bond motifs is 1. The summed E-state index contributed by atoms with van der Waals surface area (Å²) in [7, 11) is 0.